The second-order valence-corrected chi connectivity index (χ2v) is 8.69. The molecule has 0 spiro atoms. The summed E-state index contributed by atoms with van der Waals surface area (Å²) in [6, 6.07) is 12.8. The van der Waals surface area contributed by atoms with Gasteiger partial charge in [-0.25, -0.2) is 0 Å². The zero-order valence-electron chi connectivity index (χ0n) is 20.0. The maximum Gasteiger partial charge on any atom is 0.306 e. The molecule has 0 radical (unpaired) electrons. The lowest BCUT2D eigenvalue weighted by Gasteiger charge is -2.19. The minimum atomic E-state index is -0.445. The summed E-state index contributed by atoms with van der Waals surface area (Å²) in [5.74, 6) is 1.38. The fourth-order valence-corrected chi connectivity index (χ4v) is 3.40. The number of hydrogen-bond acceptors (Lipinski definition) is 5. The number of rotatable bonds is 12. The molecule has 0 atom stereocenters. The van der Waals surface area contributed by atoms with Crippen molar-refractivity contribution >= 4 is 11.8 Å². The molecule has 0 unspecified atom stereocenters. The number of unbranched alkanes of at least 4 members (excludes halogenated alkanes) is 2. The Balaban J connectivity index is 1.99. The van der Waals surface area contributed by atoms with Crippen LogP contribution in [-0.2, 0) is 16.0 Å². The lowest BCUT2D eigenvalue weighted by atomic mass is 9.98. The highest BCUT2D eigenvalue weighted by Gasteiger charge is 2.16. The van der Waals surface area contributed by atoms with E-state index in [-0.39, 0.29) is 11.8 Å². The minimum absolute atomic E-state index is 0.0257. The number of benzene rings is 2. The summed E-state index contributed by atoms with van der Waals surface area (Å²) in [6.07, 6.45) is 3.80. The third-order valence-electron chi connectivity index (χ3n) is 4.80. The monoisotopic (exact) mass is 444 g/mol. The third-order valence-corrected chi connectivity index (χ3v) is 4.80. The first-order chi connectivity index (χ1) is 15.2. The highest BCUT2D eigenvalue weighted by Crippen LogP contribution is 2.25. The molecule has 2 rings (SSSR count). The first-order valence-electron chi connectivity index (χ1n) is 11.5. The van der Waals surface area contributed by atoms with Gasteiger partial charge in [0.2, 0.25) is 0 Å². The molecule has 0 fully saturated rings. The van der Waals surface area contributed by atoms with Crippen LogP contribution in [0.5, 0.6) is 11.5 Å². The van der Waals surface area contributed by atoms with Crippen LogP contribution in [0.2, 0.25) is 0 Å². The van der Waals surface area contributed by atoms with Gasteiger partial charge in [0.1, 0.15) is 17.1 Å². The van der Waals surface area contributed by atoms with Crippen LogP contribution < -0.4 is 9.47 Å². The number of hydrogen-bond donors (Lipinski definition) is 0. The van der Waals surface area contributed by atoms with Crippen LogP contribution in [0.25, 0.3) is 0 Å². The van der Waals surface area contributed by atoms with Crippen LogP contribution in [0, 0.1) is 0 Å². The largest absolute Gasteiger partial charge is 0.494 e. The number of esters is 1. The second kappa shape index (κ2) is 12.3. The van der Waals surface area contributed by atoms with Crippen molar-refractivity contribution in [3.63, 3.8) is 0 Å². The van der Waals surface area contributed by atoms with E-state index in [1.54, 1.807) is 12.1 Å². The molecule has 5 nitrogen and oxygen atoms in total. The number of ether oxygens (including phenoxy) is 3. The van der Waals surface area contributed by atoms with Crippen molar-refractivity contribution in [3.05, 3.63) is 59.2 Å². The van der Waals surface area contributed by atoms with Crippen molar-refractivity contribution in [1.82, 2.24) is 0 Å². The quantitative estimate of drug-likeness (QED) is 0.170. The Bertz CT molecular complexity index is 878. The molecule has 32 heavy (non-hydrogen) atoms. The average molecular weight is 445 g/mol. The van der Waals surface area contributed by atoms with Crippen LogP contribution >= 0.6 is 0 Å². The van der Waals surface area contributed by atoms with Gasteiger partial charge in [-0.1, -0.05) is 6.42 Å². The van der Waals surface area contributed by atoms with E-state index in [1.165, 1.54) is 0 Å². The average Bonchev–Trinajstić information content (AvgIpc) is 2.73. The lowest BCUT2D eigenvalue weighted by molar-refractivity contribution is -0.154. The summed E-state index contributed by atoms with van der Waals surface area (Å²) < 4.78 is 16.6. The zero-order chi connectivity index (χ0) is 23.6. The Kier molecular flexibility index (Phi) is 9.76. The van der Waals surface area contributed by atoms with Gasteiger partial charge >= 0.3 is 5.97 Å². The number of ketones is 1. The predicted octanol–water partition coefficient (Wildman–Crippen LogP) is 6.16. The molecule has 0 saturated heterocycles. The van der Waals surface area contributed by atoms with Crippen LogP contribution in [0.4, 0.5) is 0 Å². The number of aryl methyl sites for hydroxylation is 1. The molecule has 0 saturated carbocycles. The SMILES string of the molecule is CC(C)(C)OC(=O)CCCCCc1cc(C(=O)c2ccc(O[13CH2][13CH3])cc2)ccc1O[13CH2][13CH3]. The Morgan fingerprint density at radius 1 is 0.812 bits per heavy atom. The van der Waals surface area contributed by atoms with Crippen molar-refractivity contribution in [2.24, 2.45) is 0 Å². The molecular formula is C27H36O5. The number of carbonyl (C=O) groups is 2. The molecule has 0 heterocycles. The first kappa shape index (κ1) is 25.4. The van der Waals surface area contributed by atoms with E-state index < -0.39 is 5.60 Å². The molecule has 0 aromatic heterocycles. The van der Waals surface area contributed by atoms with Crippen molar-refractivity contribution in [2.75, 3.05) is 13.2 Å². The normalized spacial score (nSPS) is 11.2. The predicted molar refractivity (Wildman–Crippen MR) is 127 cm³/mol. The molecule has 0 N–H and O–H groups in total. The van der Waals surface area contributed by atoms with Gasteiger partial charge in [0.15, 0.2) is 5.78 Å². The van der Waals surface area contributed by atoms with Gasteiger partial charge in [0, 0.05) is 17.5 Å². The molecule has 0 aliphatic heterocycles. The standard InChI is InChI=1S/C27H36O5/c1-6-30-23-16-13-20(14-17-23)26(29)22-15-18-24(31-7-2)21(19-22)11-9-8-10-12-25(28)32-27(3,4)5/h13-19H,6-12H2,1-5H3/i1+1,2+1,6+1,7+1. The molecule has 2 aromatic rings. The van der Waals surface area contributed by atoms with E-state index in [9.17, 15) is 9.59 Å². The van der Waals surface area contributed by atoms with Crippen molar-refractivity contribution in [2.45, 2.75) is 72.3 Å². The molecule has 174 valence electrons. The van der Waals surface area contributed by atoms with Gasteiger partial charge < -0.3 is 14.2 Å². The summed E-state index contributed by atoms with van der Waals surface area (Å²) >= 11 is 0. The first-order valence-corrected chi connectivity index (χ1v) is 11.5. The highest BCUT2D eigenvalue weighted by atomic mass is 16.6. The molecule has 2 aromatic carbocycles. The Morgan fingerprint density at radius 3 is 2.09 bits per heavy atom. The maximum atomic E-state index is 13.0. The summed E-state index contributed by atoms with van der Waals surface area (Å²) in [6.45, 7) is 10.7. The summed E-state index contributed by atoms with van der Waals surface area (Å²) in [7, 11) is 0. The van der Waals surface area contributed by atoms with Crippen LogP contribution in [0.3, 0.4) is 0 Å². The zero-order valence-corrected chi connectivity index (χ0v) is 20.0. The van der Waals surface area contributed by atoms with E-state index in [4.69, 9.17) is 14.2 Å². The van der Waals surface area contributed by atoms with E-state index in [0.29, 0.717) is 30.8 Å². The van der Waals surface area contributed by atoms with Crippen LogP contribution in [0.1, 0.15) is 81.8 Å². The molecule has 0 aliphatic carbocycles. The van der Waals surface area contributed by atoms with E-state index in [1.807, 2.05) is 65.0 Å². The van der Waals surface area contributed by atoms with Crippen molar-refractivity contribution in [3.8, 4) is 11.5 Å². The fourth-order valence-electron chi connectivity index (χ4n) is 3.40. The summed E-state index contributed by atoms with van der Waals surface area (Å²) in [5, 5.41) is 0. The summed E-state index contributed by atoms with van der Waals surface area (Å²) in [4.78, 5) is 24.8. The molecule has 0 amide bonds. The van der Waals surface area contributed by atoms with Gasteiger partial charge in [0.25, 0.3) is 0 Å². The van der Waals surface area contributed by atoms with Gasteiger partial charge in [-0.2, -0.15) is 0 Å². The molecular weight excluding hydrogens is 408 g/mol. The lowest BCUT2D eigenvalue weighted by Crippen LogP contribution is -2.23. The van der Waals surface area contributed by atoms with Gasteiger partial charge in [-0.05, 0) is 102 Å². The van der Waals surface area contributed by atoms with Gasteiger partial charge in [-0.15, -0.1) is 0 Å². The second-order valence-electron chi connectivity index (χ2n) is 8.69. The topological polar surface area (TPSA) is 61.8 Å². The van der Waals surface area contributed by atoms with Crippen LogP contribution in [-0.4, -0.2) is 30.6 Å². The maximum absolute atomic E-state index is 13.0. The van der Waals surface area contributed by atoms with Crippen molar-refractivity contribution in [1.29, 1.82) is 0 Å². The number of carbonyl (C=O) groups excluding carboxylic acids is 2. The van der Waals surface area contributed by atoms with E-state index in [2.05, 4.69) is 0 Å². The van der Waals surface area contributed by atoms with Gasteiger partial charge in [0.05, 0.1) is 13.2 Å². The Morgan fingerprint density at radius 2 is 1.47 bits per heavy atom. The Labute approximate surface area is 192 Å². The smallest absolute Gasteiger partial charge is 0.306 e. The highest BCUT2D eigenvalue weighted by molar-refractivity contribution is 6.09. The minimum Gasteiger partial charge on any atom is -0.494 e. The van der Waals surface area contributed by atoms with Crippen LogP contribution in [0.15, 0.2) is 42.5 Å². The molecule has 0 aliphatic rings. The van der Waals surface area contributed by atoms with Gasteiger partial charge in [-0.3, -0.25) is 9.59 Å². The van der Waals surface area contributed by atoms with E-state index in [0.717, 1.165) is 42.7 Å². The Hall–Kier alpha value is -2.82. The summed E-state index contributed by atoms with van der Waals surface area (Å²) in [5.41, 5.74) is 1.84. The molecule has 0 bridgehead atoms. The van der Waals surface area contributed by atoms with E-state index >= 15 is 0 Å². The van der Waals surface area contributed by atoms with Crippen molar-refractivity contribution < 1.29 is 23.8 Å². The molecule has 5 heteroatoms. The fraction of sp³-hybridized carbons (Fsp3) is 0.481. The third kappa shape index (κ3) is 8.37.